The fourth-order valence-electron chi connectivity index (χ4n) is 2.18. The number of halogens is 3. The van der Waals surface area contributed by atoms with Gasteiger partial charge in [-0.2, -0.15) is 0 Å². The van der Waals surface area contributed by atoms with Crippen molar-refractivity contribution in [3.8, 4) is 0 Å². The molecule has 1 heterocycles. The van der Waals surface area contributed by atoms with Gasteiger partial charge in [0.15, 0.2) is 0 Å². The second-order valence-corrected chi connectivity index (χ2v) is 5.43. The Kier molecular flexibility index (Phi) is 4.83. The Morgan fingerprint density at radius 3 is 2.45 bits per heavy atom. The van der Waals surface area contributed by atoms with Crippen LogP contribution in [0.15, 0.2) is 34.9 Å². The van der Waals surface area contributed by atoms with E-state index in [0.29, 0.717) is 16.6 Å². The van der Waals surface area contributed by atoms with Gasteiger partial charge in [-0.15, -0.1) is 0 Å². The molecule has 1 aromatic carbocycles. The highest BCUT2D eigenvalue weighted by Crippen LogP contribution is 2.22. The Balaban J connectivity index is 2.27. The summed E-state index contributed by atoms with van der Waals surface area (Å²) < 4.78 is 27.1. The molecule has 5 heteroatoms. The topological polar surface area (TPSA) is 38.9 Å². The first-order chi connectivity index (χ1) is 9.49. The lowest BCUT2D eigenvalue weighted by atomic mass is 9.99. The van der Waals surface area contributed by atoms with Gasteiger partial charge in [-0.3, -0.25) is 0 Å². The Bertz CT molecular complexity index is 597. The van der Waals surface area contributed by atoms with Crippen LogP contribution in [0.2, 0.25) is 0 Å². The first kappa shape index (κ1) is 15.1. The van der Waals surface area contributed by atoms with E-state index in [-0.39, 0.29) is 0 Å². The SMILES string of the molecule is CCc1ccc(Br)nc1[C@@H](N)Cc1cc(F)cc(F)c1. The summed E-state index contributed by atoms with van der Waals surface area (Å²) in [4.78, 5) is 4.39. The van der Waals surface area contributed by atoms with Crippen LogP contribution in [0, 0.1) is 11.6 Å². The molecule has 0 aliphatic rings. The first-order valence-electron chi connectivity index (χ1n) is 6.35. The van der Waals surface area contributed by atoms with Gasteiger partial charge in [0.25, 0.3) is 0 Å². The molecule has 0 radical (unpaired) electrons. The maximum atomic E-state index is 13.2. The molecule has 0 amide bonds. The molecule has 0 saturated heterocycles. The third-order valence-electron chi connectivity index (χ3n) is 3.09. The molecule has 0 fully saturated rings. The van der Waals surface area contributed by atoms with Gasteiger partial charge in [0.2, 0.25) is 0 Å². The number of nitrogens with two attached hydrogens (primary N) is 1. The summed E-state index contributed by atoms with van der Waals surface area (Å²) in [5.74, 6) is -1.18. The van der Waals surface area contributed by atoms with Gasteiger partial charge in [0, 0.05) is 6.07 Å². The molecule has 2 aromatic rings. The van der Waals surface area contributed by atoms with E-state index in [1.807, 2.05) is 19.1 Å². The minimum absolute atomic E-state index is 0.338. The molecule has 106 valence electrons. The number of rotatable bonds is 4. The fourth-order valence-corrected chi connectivity index (χ4v) is 2.50. The molecule has 0 bridgehead atoms. The van der Waals surface area contributed by atoms with E-state index >= 15 is 0 Å². The number of hydrogen-bond donors (Lipinski definition) is 1. The van der Waals surface area contributed by atoms with E-state index < -0.39 is 17.7 Å². The van der Waals surface area contributed by atoms with Gasteiger partial charge in [-0.1, -0.05) is 13.0 Å². The van der Waals surface area contributed by atoms with Gasteiger partial charge in [-0.25, -0.2) is 13.8 Å². The molecule has 1 atom stereocenters. The second kappa shape index (κ2) is 6.41. The minimum atomic E-state index is -0.592. The molecular formula is C15H15BrF2N2. The molecule has 0 unspecified atom stereocenters. The first-order valence-corrected chi connectivity index (χ1v) is 7.14. The second-order valence-electron chi connectivity index (χ2n) is 4.62. The molecule has 2 nitrogen and oxygen atoms in total. The third-order valence-corrected chi connectivity index (χ3v) is 3.53. The van der Waals surface area contributed by atoms with Crippen LogP contribution in [-0.2, 0) is 12.8 Å². The van der Waals surface area contributed by atoms with Gasteiger partial charge < -0.3 is 5.73 Å². The molecule has 0 aliphatic carbocycles. The van der Waals surface area contributed by atoms with Crippen molar-refractivity contribution >= 4 is 15.9 Å². The number of aryl methyl sites for hydroxylation is 1. The number of pyridine rings is 1. The van der Waals surface area contributed by atoms with Crippen LogP contribution in [0.3, 0.4) is 0 Å². The average Bonchev–Trinajstić information content (AvgIpc) is 2.37. The lowest BCUT2D eigenvalue weighted by molar-refractivity contribution is 0.575. The largest absolute Gasteiger partial charge is 0.322 e. The van der Waals surface area contributed by atoms with Crippen LogP contribution in [0.25, 0.3) is 0 Å². The Morgan fingerprint density at radius 1 is 1.20 bits per heavy atom. The molecule has 0 saturated carbocycles. The molecule has 20 heavy (non-hydrogen) atoms. The van der Waals surface area contributed by atoms with Crippen LogP contribution in [0.1, 0.15) is 29.8 Å². The normalized spacial score (nSPS) is 12.4. The summed E-state index contributed by atoms with van der Waals surface area (Å²) in [7, 11) is 0. The van der Waals surface area contributed by atoms with Crippen LogP contribution in [0.5, 0.6) is 0 Å². The maximum Gasteiger partial charge on any atom is 0.126 e. The van der Waals surface area contributed by atoms with Crippen molar-refractivity contribution in [2.75, 3.05) is 0 Å². The van der Waals surface area contributed by atoms with E-state index in [9.17, 15) is 8.78 Å². The summed E-state index contributed by atoms with van der Waals surface area (Å²) in [6, 6.07) is 6.86. The molecule has 2 rings (SSSR count). The average molecular weight is 341 g/mol. The predicted molar refractivity (Wildman–Crippen MR) is 78.3 cm³/mol. The highest BCUT2D eigenvalue weighted by atomic mass is 79.9. The smallest absolute Gasteiger partial charge is 0.126 e. The summed E-state index contributed by atoms with van der Waals surface area (Å²) >= 11 is 3.32. The monoisotopic (exact) mass is 340 g/mol. The van der Waals surface area contributed by atoms with E-state index in [0.717, 1.165) is 23.7 Å². The van der Waals surface area contributed by atoms with Crippen molar-refractivity contribution in [3.05, 3.63) is 63.4 Å². The molecule has 2 N–H and O–H groups in total. The molecule has 1 aromatic heterocycles. The van der Waals surface area contributed by atoms with Crippen molar-refractivity contribution in [3.63, 3.8) is 0 Å². The van der Waals surface area contributed by atoms with Gasteiger partial charge >= 0.3 is 0 Å². The molecule has 0 aliphatic heterocycles. The summed E-state index contributed by atoms with van der Waals surface area (Å²) in [5, 5.41) is 0. The third kappa shape index (κ3) is 3.61. The quantitative estimate of drug-likeness (QED) is 0.856. The van der Waals surface area contributed by atoms with Crippen LogP contribution in [-0.4, -0.2) is 4.98 Å². The van der Waals surface area contributed by atoms with Crippen molar-refractivity contribution in [1.82, 2.24) is 4.98 Å². The van der Waals surface area contributed by atoms with Gasteiger partial charge in [-0.05, 0) is 58.1 Å². The van der Waals surface area contributed by atoms with Crippen molar-refractivity contribution in [2.45, 2.75) is 25.8 Å². The Morgan fingerprint density at radius 2 is 1.85 bits per heavy atom. The van der Waals surface area contributed by atoms with Gasteiger partial charge in [0.1, 0.15) is 16.2 Å². The van der Waals surface area contributed by atoms with Crippen molar-refractivity contribution in [1.29, 1.82) is 0 Å². The summed E-state index contributed by atoms with van der Waals surface area (Å²) in [5.41, 5.74) is 8.47. The maximum absolute atomic E-state index is 13.2. The minimum Gasteiger partial charge on any atom is -0.322 e. The number of nitrogens with zero attached hydrogens (tertiary/aromatic N) is 1. The zero-order valence-corrected chi connectivity index (χ0v) is 12.6. The van der Waals surface area contributed by atoms with Crippen LogP contribution < -0.4 is 5.73 Å². The predicted octanol–water partition coefficient (Wildman–Crippen LogP) is 3.93. The fraction of sp³-hybridized carbons (Fsp3) is 0.267. The Hall–Kier alpha value is -1.33. The number of aromatic nitrogens is 1. The lowest BCUT2D eigenvalue weighted by Crippen LogP contribution is -2.17. The van der Waals surface area contributed by atoms with Crippen LogP contribution in [0.4, 0.5) is 8.78 Å². The zero-order chi connectivity index (χ0) is 14.7. The van der Waals surface area contributed by atoms with E-state index in [1.165, 1.54) is 12.1 Å². The standard InChI is InChI=1S/C15H15BrF2N2/c1-2-10-3-4-14(16)20-15(10)13(19)7-9-5-11(17)8-12(18)6-9/h3-6,8,13H,2,7,19H2,1H3/t13-/m0/s1. The number of benzene rings is 1. The highest BCUT2D eigenvalue weighted by molar-refractivity contribution is 9.10. The lowest BCUT2D eigenvalue weighted by Gasteiger charge is -2.15. The highest BCUT2D eigenvalue weighted by Gasteiger charge is 2.14. The molecule has 0 spiro atoms. The van der Waals surface area contributed by atoms with E-state index in [4.69, 9.17) is 5.73 Å². The van der Waals surface area contributed by atoms with Crippen LogP contribution >= 0.6 is 15.9 Å². The molecular weight excluding hydrogens is 326 g/mol. The Labute approximate surface area is 125 Å². The zero-order valence-electron chi connectivity index (χ0n) is 11.0. The van der Waals surface area contributed by atoms with Gasteiger partial charge in [0.05, 0.1) is 11.7 Å². The summed E-state index contributed by atoms with van der Waals surface area (Å²) in [6.07, 6.45) is 1.14. The summed E-state index contributed by atoms with van der Waals surface area (Å²) in [6.45, 7) is 2.02. The van der Waals surface area contributed by atoms with E-state index in [1.54, 1.807) is 0 Å². The number of hydrogen-bond acceptors (Lipinski definition) is 2. The van der Waals surface area contributed by atoms with Crippen molar-refractivity contribution in [2.24, 2.45) is 5.73 Å². The van der Waals surface area contributed by atoms with E-state index in [2.05, 4.69) is 20.9 Å². The van der Waals surface area contributed by atoms with Crippen molar-refractivity contribution < 1.29 is 8.78 Å².